The van der Waals surface area contributed by atoms with E-state index in [0.29, 0.717) is 19.5 Å². The van der Waals surface area contributed by atoms with E-state index in [1.807, 2.05) is 19.1 Å². The Bertz CT molecular complexity index is 919. The van der Waals surface area contributed by atoms with E-state index in [0.717, 1.165) is 8.66 Å². The zero-order valence-electron chi connectivity index (χ0n) is 17.5. The van der Waals surface area contributed by atoms with Crippen LogP contribution in [0.3, 0.4) is 0 Å². The van der Waals surface area contributed by atoms with Crippen LogP contribution in [0.5, 0.6) is 0 Å². The molecule has 0 saturated carbocycles. The smallest absolute Gasteiger partial charge is 0.245 e. The number of rotatable bonds is 7. The number of likely N-dealkylation sites (tertiary alicyclic amines) is 1. The largest absolute Gasteiger partial charge is 0.391 e. The Hall–Kier alpha value is -1.05. The van der Waals surface area contributed by atoms with E-state index in [-0.39, 0.29) is 43.9 Å². The summed E-state index contributed by atoms with van der Waals surface area (Å²) in [5, 5.41) is 13.1. The molecule has 0 bridgehead atoms. The highest BCUT2D eigenvalue weighted by Crippen LogP contribution is 2.31. The fourth-order valence-corrected chi connectivity index (χ4v) is 7.27. The lowest BCUT2D eigenvalue weighted by Gasteiger charge is -2.35. The van der Waals surface area contributed by atoms with E-state index >= 15 is 0 Å². The molecule has 2 aliphatic rings. The minimum Gasteiger partial charge on any atom is -0.391 e. The third kappa shape index (κ3) is 4.98. The lowest BCUT2D eigenvalue weighted by Crippen LogP contribution is -2.62. The minimum atomic E-state index is -3.89. The second-order valence-corrected chi connectivity index (χ2v) is 12.6. The van der Waals surface area contributed by atoms with Crippen molar-refractivity contribution in [1.82, 2.24) is 14.9 Å². The van der Waals surface area contributed by atoms with Gasteiger partial charge >= 0.3 is 0 Å². The van der Waals surface area contributed by atoms with E-state index in [4.69, 9.17) is 4.74 Å². The van der Waals surface area contributed by atoms with Crippen LogP contribution in [0.15, 0.2) is 15.9 Å². The van der Waals surface area contributed by atoms with Gasteiger partial charge in [-0.1, -0.05) is 0 Å². The number of aliphatic hydroxyl groups is 1. The van der Waals surface area contributed by atoms with Gasteiger partial charge in [-0.05, 0) is 47.8 Å². The van der Waals surface area contributed by atoms with Crippen LogP contribution in [0.4, 0.5) is 0 Å². The van der Waals surface area contributed by atoms with E-state index in [1.165, 1.54) is 18.4 Å². The number of aliphatic hydroxyl groups excluding tert-OH is 1. The SMILES string of the molecule is COCC1(C(=O)NC[C@@H]2CN(C(=O)C(C)c3ccc(Br)s3)C[C@@H]2O)CCCNS1(=O)=O. The Morgan fingerprint density at radius 1 is 1.45 bits per heavy atom. The van der Waals surface area contributed by atoms with Crippen molar-refractivity contribution in [3.63, 3.8) is 0 Å². The molecule has 174 valence electrons. The summed E-state index contributed by atoms with van der Waals surface area (Å²) in [5.41, 5.74) is 0. The zero-order valence-corrected chi connectivity index (χ0v) is 20.7. The maximum atomic E-state index is 12.9. The average molecular weight is 538 g/mol. The van der Waals surface area contributed by atoms with Crippen LogP contribution in [0.2, 0.25) is 0 Å². The molecule has 2 unspecified atom stereocenters. The summed E-state index contributed by atoms with van der Waals surface area (Å²) >= 11 is 4.89. The molecule has 2 fully saturated rings. The fraction of sp³-hybridized carbons (Fsp3) is 0.684. The van der Waals surface area contributed by atoms with Crippen LogP contribution in [-0.4, -0.2) is 81.0 Å². The highest BCUT2D eigenvalue weighted by Gasteiger charge is 2.52. The number of hydrogen-bond donors (Lipinski definition) is 3. The third-order valence-electron chi connectivity index (χ3n) is 5.99. The van der Waals surface area contributed by atoms with Crippen LogP contribution < -0.4 is 10.0 Å². The van der Waals surface area contributed by atoms with Gasteiger partial charge in [0.15, 0.2) is 4.75 Å². The summed E-state index contributed by atoms with van der Waals surface area (Å²) in [5.74, 6) is -1.44. The molecule has 9 nitrogen and oxygen atoms in total. The Kier molecular flexibility index (Phi) is 7.80. The summed E-state index contributed by atoms with van der Waals surface area (Å²) in [4.78, 5) is 28.3. The van der Waals surface area contributed by atoms with E-state index in [1.54, 1.807) is 4.90 Å². The number of amides is 2. The van der Waals surface area contributed by atoms with Gasteiger partial charge in [0.05, 0.1) is 22.4 Å². The molecule has 3 rings (SSSR count). The first-order valence-electron chi connectivity index (χ1n) is 10.1. The molecule has 0 aromatic carbocycles. The van der Waals surface area contributed by atoms with Crippen molar-refractivity contribution in [2.75, 3.05) is 39.9 Å². The van der Waals surface area contributed by atoms with Gasteiger partial charge in [-0.15, -0.1) is 11.3 Å². The predicted octanol–water partition coefficient (Wildman–Crippen LogP) is 0.648. The van der Waals surface area contributed by atoms with Crippen molar-refractivity contribution in [2.24, 2.45) is 5.92 Å². The van der Waals surface area contributed by atoms with Gasteiger partial charge in [-0.25, -0.2) is 13.1 Å². The van der Waals surface area contributed by atoms with Gasteiger partial charge in [0.1, 0.15) is 0 Å². The molecule has 3 heterocycles. The highest BCUT2D eigenvalue weighted by atomic mass is 79.9. The first kappa shape index (κ1) is 24.6. The maximum absolute atomic E-state index is 12.9. The van der Waals surface area contributed by atoms with E-state index < -0.39 is 26.8 Å². The molecule has 2 amide bonds. The fourth-order valence-electron chi connectivity index (χ4n) is 4.11. The minimum absolute atomic E-state index is 0.0731. The van der Waals surface area contributed by atoms with Gasteiger partial charge in [0, 0.05) is 44.1 Å². The van der Waals surface area contributed by atoms with Crippen LogP contribution >= 0.6 is 27.3 Å². The molecule has 1 aromatic rings. The van der Waals surface area contributed by atoms with Crippen molar-refractivity contribution in [1.29, 1.82) is 0 Å². The number of thiophene rings is 1. The normalized spacial score (nSPS) is 29.0. The Balaban J connectivity index is 1.62. The molecule has 31 heavy (non-hydrogen) atoms. The lowest BCUT2D eigenvalue weighted by molar-refractivity contribution is -0.131. The number of hydrogen-bond acceptors (Lipinski definition) is 7. The van der Waals surface area contributed by atoms with Gasteiger partial charge in [-0.3, -0.25) is 9.59 Å². The summed E-state index contributed by atoms with van der Waals surface area (Å²) < 4.78 is 31.9. The van der Waals surface area contributed by atoms with Crippen molar-refractivity contribution >= 4 is 49.1 Å². The first-order chi connectivity index (χ1) is 14.6. The molecule has 3 N–H and O–H groups in total. The topological polar surface area (TPSA) is 125 Å². The molecule has 0 radical (unpaired) electrons. The Labute approximate surface area is 194 Å². The summed E-state index contributed by atoms with van der Waals surface area (Å²) in [6.45, 7) is 2.42. The van der Waals surface area contributed by atoms with Crippen LogP contribution in [0.25, 0.3) is 0 Å². The zero-order chi connectivity index (χ0) is 22.8. The molecule has 12 heteroatoms. The molecule has 0 spiro atoms. The number of ether oxygens (including phenoxy) is 1. The Morgan fingerprint density at radius 3 is 2.81 bits per heavy atom. The van der Waals surface area contributed by atoms with Gasteiger partial charge in [0.2, 0.25) is 21.8 Å². The molecule has 2 aliphatic heterocycles. The number of methoxy groups -OCH3 is 1. The summed E-state index contributed by atoms with van der Waals surface area (Å²) in [6.07, 6.45) is -0.111. The number of carbonyl (C=O) groups is 2. The van der Waals surface area contributed by atoms with Crippen LogP contribution in [0.1, 0.15) is 30.6 Å². The summed E-state index contributed by atoms with van der Waals surface area (Å²) in [6, 6.07) is 3.79. The molecular formula is C19H28BrN3O6S2. The average Bonchev–Trinajstić information content (AvgIpc) is 3.32. The maximum Gasteiger partial charge on any atom is 0.245 e. The van der Waals surface area contributed by atoms with Gasteiger partial charge in [0.25, 0.3) is 0 Å². The monoisotopic (exact) mass is 537 g/mol. The van der Waals surface area contributed by atoms with E-state index in [9.17, 15) is 23.1 Å². The number of β-amino-alcohol motifs (C(OH)–C–C–N with tert-alkyl or cyclic N) is 1. The number of nitrogens with zero attached hydrogens (tertiary/aromatic N) is 1. The quantitative estimate of drug-likeness (QED) is 0.468. The van der Waals surface area contributed by atoms with Crippen molar-refractivity contribution < 1.29 is 27.9 Å². The predicted molar refractivity (Wildman–Crippen MR) is 120 cm³/mol. The standard InChI is InChI=1S/C19H28BrN3O6S2/c1-12(15-4-5-16(20)30-15)17(25)23-9-13(14(24)10-23)8-21-18(26)19(11-29-2)6-3-7-22-31(19,27)28/h4-5,12-14,22,24H,3,6-11H2,1-2H3,(H,21,26)/t12?,13-,14+,19?/m1/s1. The van der Waals surface area contributed by atoms with Crippen molar-refractivity contribution in [2.45, 2.75) is 36.5 Å². The third-order valence-corrected chi connectivity index (χ3v) is 9.92. The van der Waals surface area contributed by atoms with Crippen LogP contribution in [0, 0.1) is 5.92 Å². The van der Waals surface area contributed by atoms with Gasteiger partial charge < -0.3 is 20.1 Å². The van der Waals surface area contributed by atoms with Gasteiger partial charge in [-0.2, -0.15) is 0 Å². The second kappa shape index (κ2) is 9.84. The number of sulfonamides is 1. The number of carbonyl (C=O) groups excluding carboxylic acids is 2. The van der Waals surface area contributed by atoms with Crippen molar-refractivity contribution in [3.05, 3.63) is 20.8 Å². The number of nitrogens with one attached hydrogen (secondary N) is 2. The summed E-state index contributed by atoms with van der Waals surface area (Å²) in [7, 11) is -2.53. The van der Waals surface area contributed by atoms with E-state index in [2.05, 4.69) is 26.0 Å². The lowest BCUT2D eigenvalue weighted by atomic mass is 10.0. The second-order valence-electron chi connectivity index (χ2n) is 8.07. The molecule has 1 aromatic heterocycles. The van der Waals surface area contributed by atoms with Crippen LogP contribution in [-0.2, 0) is 24.3 Å². The molecule has 4 atom stereocenters. The molecule has 2 saturated heterocycles. The first-order valence-corrected chi connectivity index (χ1v) is 13.2. The molecular weight excluding hydrogens is 510 g/mol. The number of halogens is 1. The molecule has 0 aliphatic carbocycles. The van der Waals surface area contributed by atoms with Crippen molar-refractivity contribution in [3.8, 4) is 0 Å². The Morgan fingerprint density at radius 2 is 2.19 bits per heavy atom. The highest BCUT2D eigenvalue weighted by molar-refractivity contribution is 9.11.